The summed E-state index contributed by atoms with van der Waals surface area (Å²) < 4.78 is 4.57. The number of urea groups is 1. The number of esters is 1. The van der Waals surface area contributed by atoms with E-state index in [1.54, 1.807) is 13.8 Å². The Bertz CT molecular complexity index is 756. The fourth-order valence-electron chi connectivity index (χ4n) is 2.37. The second-order valence-corrected chi connectivity index (χ2v) is 6.10. The van der Waals surface area contributed by atoms with Gasteiger partial charge in [-0.15, -0.1) is 0 Å². The van der Waals surface area contributed by atoms with Crippen LogP contribution in [0.15, 0.2) is 24.3 Å². The molecule has 26 heavy (non-hydrogen) atoms. The summed E-state index contributed by atoms with van der Waals surface area (Å²) in [6.45, 7) is 3.14. The topological polar surface area (TPSA) is 113 Å². The summed E-state index contributed by atoms with van der Waals surface area (Å²) in [6, 6.07) is 5.08. The van der Waals surface area contributed by atoms with E-state index in [4.69, 9.17) is 0 Å². The highest BCUT2D eigenvalue weighted by molar-refractivity contribution is 6.45. The second-order valence-electron chi connectivity index (χ2n) is 6.10. The zero-order chi connectivity index (χ0) is 19.4. The molecule has 1 aliphatic rings. The number of rotatable bonds is 6. The van der Waals surface area contributed by atoms with Gasteiger partial charge in [0.15, 0.2) is 0 Å². The summed E-state index contributed by atoms with van der Waals surface area (Å²) in [4.78, 5) is 60.9. The number of amides is 5. The number of benzene rings is 1. The number of nitrogens with one attached hydrogen (secondary N) is 1. The van der Waals surface area contributed by atoms with E-state index >= 15 is 0 Å². The van der Waals surface area contributed by atoms with Crippen LogP contribution in [0.1, 0.15) is 24.2 Å². The Morgan fingerprint density at radius 3 is 2.15 bits per heavy atom. The third kappa shape index (κ3) is 4.05. The Morgan fingerprint density at radius 2 is 1.62 bits per heavy atom. The molecule has 1 aliphatic heterocycles. The van der Waals surface area contributed by atoms with E-state index in [2.05, 4.69) is 10.1 Å². The fourth-order valence-corrected chi connectivity index (χ4v) is 2.37. The van der Waals surface area contributed by atoms with Crippen molar-refractivity contribution in [2.75, 3.05) is 25.5 Å². The van der Waals surface area contributed by atoms with E-state index in [0.717, 1.165) is 4.90 Å². The normalized spacial score (nSPS) is 14.2. The molecule has 2 rings (SSSR count). The van der Waals surface area contributed by atoms with Gasteiger partial charge in [0.1, 0.15) is 6.54 Å². The molecule has 0 atom stereocenters. The van der Waals surface area contributed by atoms with Gasteiger partial charge in [-0.1, -0.05) is 13.8 Å². The molecule has 0 aromatic heterocycles. The molecule has 1 fully saturated rings. The standard InChI is InChI=1S/C17H19N3O6/c1-10(2)8-19-14(22)15(23)20(17(19)25)9-13(21)18-12-6-4-11(5-7-12)16(24)26-3/h4-7,10H,8-9H2,1-3H3,(H,18,21). The number of imide groups is 2. The van der Waals surface area contributed by atoms with E-state index in [0.29, 0.717) is 16.2 Å². The van der Waals surface area contributed by atoms with Crippen molar-refractivity contribution in [1.29, 1.82) is 0 Å². The lowest BCUT2D eigenvalue weighted by Gasteiger charge is -2.16. The van der Waals surface area contributed by atoms with Gasteiger partial charge in [0, 0.05) is 12.2 Å². The number of anilines is 1. The Hall–Kier alpha value is -3.23. The zero-order valence-corrected chi connectivity index (χ0v) is 14.6. The maximum Gasteiger partial charge on any atom is 0.337 e. The predicted octanol–water partition coefficient (Wildman–Crippen LogP) is 0.858. The average Bonchev–Trinajstić information content (AvgIpc) is 2.79. The molecule has 9 heteroatoms. The van der Waals surface area contributed by atoms with Crippen molar-refractivity contribution >= 4 is 35.4 Å². The maximum atomic E-state index is 12.2. The number of hydrogen-bond acceptors (Lipinski definition) is 6. The van der Waals surface area contributed by atoms with Crippen LogP contribution in [0, 0.1) is 5.92 Å². The molecule has 0 spiro atoms. The van der Waals surface area contributed by atoms with Gasteiger partial charge in [-0.3, -0.25) is 19.3 Å². The van der Waals surface area contributed by atoms with Gasteiger partial charge < -0.3 is 10.1 Å². The molecule has 9 nitrogen and oxygen atoms in total. The summed E-state index contributed by atoms with van der Waals surface area (Å²) in [5.41, 5.74) is 0.678. The van der Waals surface area contributed by atoms with Crippen LogP contribution in [0.2, 0.25) is 0 Å². The van der Waals surface area contributed by atoms with Crippen LogP contribution in [-0.2, 0) is 19.1 Å². The van der Waals surface area contributed by atoms with Crippen LogP contribution in [0.5, 0.6) is 0 Å². The first-order valence-corrected chi connectivity index (χ1v) is 7.90. The molecule has 5 amide bonds. The van der Waals surface area contributed by atoms with Crippen LogP contribution in [0.3, 0.4) is 0 Å². The maximum absolute atomic E-state index is 12.2. The van der Waals surface area contributed by atoms with Crippen molar-refractivity contribution in [2.24, 2.45) is 5.92 Å². The van der Waals surface area contributed by atoms with Crippen molar-refractivity contribution in [2.45, 2.75) is 13.8 Å². The van der Waals surface area contributed by atoms with Gasteiger partial charge in [0.2, 0.25) is 5.91 Å². The molecule has 1 saturated heterocycles. The van der Waals surface area contributed by atoms with Gasteiger partial charge in [-0.25, -0.2) is 14.5 Å². The molecule has 0 saturated carbocycles. The summed E-state index contributed by atoms with van der Waals surface area (Å²) in [6.07, 6.45) is 0. The third-order valence-corrected chi connectivity index (χ3v) is 3.57. The molecule has 0 radical (unpaired) electrons. The van der Waals surface area contributed by atoms with Gasteiger partial charge in [0.25, 0.3) is 0 Å². The Balaban J connectivity index is 2.01. The lowest BCUT2D eigenvalue weighted by Crippen LogP contribution is -2.39. The van der Waals surface area contributed by atoms with Crippen LogP contribution < -0.4 is 5.32 Å². The third-order valence-electron chi connectivity index (χ3n) is 3.57. The minimum atomic E-state index is -1.02. The van der Waals surface area contributed by atoms with E-state index in [-0.39, 0.29) is 12.5 Å². The van der Waals surface area contributed by atoms with Crippen LogP contribution in [0.25, 0.3) is 0 Å². The van der Waals surface area contributed by atoms with Crippen molar-refractivity contribution in [1.82, 2.24) is 9.80 Å². The Labute approximate surface area is 149 Å². The number of carbonyl (C=O) groups is 5. The average molecular weight is 361 g/mol. The minimum absolute atomic E-state index is 0.00204. The lowest BCUT2D eigenvalue weighted by atomic mass is 10.2. The molecule has 0 bridgehead atoms. The van der Waals surface area contributed by atoms with Crippen molar-refractivity contribution in [3.8, 4) is 0 Å². The van der Waals surface area contributed by atoms with Crippen LogP contribution in [0.4, 0.5) is 10.5 Å². The monoisotopic (exact) mass is 361 g/mol. The first-order chi connectivity index (χ1) is 12.2. The van der Waals surface area contributed by atoms with Gasteiger partial charge in [-0.05, 0) is 30.2 Å². The minimum Gasteiger partial charge on any atom is -0.465 e. The summed E-state index contributed by atoms with van der Waals surface area (Å²) in [7, 11) is 1.26. The van der Waals surface area contributed by atoms with E-state index < -0.39 is 36.3 Å². The molecule has 1 heterocycles. The number of hydrogen-bond donors (Lipinski definition) is 1. The summed E-state index contributed by atoms with van der Waals surface area (Å²) in [5.74, 6) is -3.11. The smallest absolute Gasteiger partial charge is 0.337 e. The Morgan fingerprint density at radius 1 is 1.04 bits per heavy atom. The van der Waals surface area contributed by atoms with Gasteiger partial charge in [0.05, 0.1) is 12.7 Å². The molecule has 138 valence electrons. The zero-order valence-electron chi connectivity index (χ0n) is 14.6. The van der Waals surface area contributed by atoms with Crippen LogP contribution >= 0.6 is 0 Å². The molecule has 0 aliphatic carbocycles. The van der Waals surface area contributed by atoms with Gasteiger partial charge >= 0.3 is 23.8 Å². The number of methoxy groups -OCH3 is 1. The van der Waals surface area contributed by atoms with Gasteiger partial charge in [-0.2, -0.15) is 0 Å². The number of ether oxygens (including phenoxy) is 1. The largest absolute Gasteiger partial charge is 0.465 e. The van der Waals surface area contributed by atoms with E-state index in [1.165, 1.54) is 31.4 Å². The molecule has 0 unspecified atom stereocenters. The SMILES string of the molecule is COC(=O)c1ccc(NC(=O)CN2C(=O)C(=O)N(CC(C)C)C2=O)cc1. The van der Waals surface area contributed by atoms with E-state index in [9.17, 15) is 24.0 Å². The highest BCUT2D eigenvalue weighted by Gasteiger charge is 2.45. The van der Waals surface area contributed by atoms with E-state index in [1.807, 2.05) is 0 Å². The molecule has 1 aromatic rings. The van der Waals surface area contributed by atoms with Crippen LogP contribution in [-0.4, -0.2) is 59.7 Å². The summed E-state index contributed by atoms with van der Waals surface area (Å²) in [5, 5.41) is 2.50. The molecular formula is C17H19N3O6. The molecule has 1 aromatic carbocycles. The number of nitrogens with zero attached hydrogens (tertiary/aromatic N) is 2. The summed E-state index contributed by atoms with van der Waals surface area (Å²) >= 11 is 0. The highest BCUT2D eigenvalue weighted by Crippen LogP contribution is 2.15. The number of carbonyl (C=O) groups excluding carboxylic acids is 5. The highest BCUT2D eigenvalue weighted by atomic mass is 16.5. The fraction of sp³-hybridized carbons (Fsp3) is 0.353. The molecular weight excluding hydrogens is 342 g/mol. The lowest BCUT2D eigenvalue weighted by molar-refractivity contribution is -0.143. The van der Waals surface area contributed by atoms with Crippen molar-refractivity contribution < 1.29 is 28.7 Å². The first kappa shape index (κ1) is 19.1. The first-order valence-electron chi connectivity index (χ1n) is 7.90. The molecule has 1 N–H and O–H groups in total. The Kier molecular flexibility index (Phi) is 5.71. The quantitative estimate of drug-likeness (QED) is 0.457. The van der Waals surface area contributed by atoms with Crippen molar-refractivity contribution in [3.05, 3.63) is 29.8 Å². The predicted molar refractivity (Wildman–Crippen MR) is 90.1 cm³/mol. The van der Waals surface area contributed by atoms with Crippen molar-refractivity contribution in [3.63, 3.8) is 0 Å². The second kappa shape index (κ2) is 7.77.